The van der Waals surface area contributed by atoms with Gasteiger partial charge in [-0.15, -0.1) is 0 Å². The van der Waals surface area contributed by atoms with Crippen LogP contribution in [0.25, 0.3) is 0 Å². The lowest BCUT2D eigenvalue weighted by atomic mass is 10.0. The molecule has 144 valence electrons. The Morgan fingerprint density at radius 3 is 2.70 bits per heavy atom. The third-order valence-corrected chi connectivity index (χ3v) is 5.14. The van der Waals surface area contributed by atoms with E-state index in [0.29, 0.717) is 17.4 Å². The number of nitrogens with zero attached hydrogens (tertiary/aromatic N) is 3. The summed E-state index contributed by atoms with van der Waals surface area (Å²) in [4.78, 5) is 21.2. The maximum Gasteiger partial charge on any atom is 0.257 e. The fraction of sp³-hybridized carbons (Fsp3) is 0.400. The number of carbonyl (C=O) groups is 1. The number of ether oxygens (including phenoxy) is 1. The number of likely N-dealkylation sites (tertiary alicyclic amines) is 1. The van der Waals surface area contributed by atoms with Gasteiger partial charge in [-0.2, -0.15) is 0 Å². The summed E-state index contributed by atoms with van der Waals surface area (Å²) in [6, 6.07) is 10.1. The molecule has 0 spiro atoms. The van der Waals surface area contributed by atoms with E-state index >= 15 is 0 Å². The lowest BCUT2D eigenvalue weighted by Crippen LogP contribution is -2.42. The van der Waals surface area contributed by atoms with Gasteiger partial charge >= 0.3 is 0 Å². The van der Waals surface area contributed by atoms with Crippen LogP contribution in [0.4, 0.5) is 11.5 Å². The van der Waals surface area contributed by atoms with E-state index in [1.54, 1.807) is 13.3 Å². The van der Waals surface area contributed by atoms with Crippen molar-refractivity contribution in [2.45, 2.75) is 18.9 Å². The average Bonchev–Trinajstić information content (AvgIpc) is 2.68. The van der Waals surface area contributed by atoms with Gasteiger partial charge in [0.1, 0.15) is 11.6 Å². The lowest BCUT2D eigenvalue weighted by Gasteiger charge is -2.33. The minimum atomic E-state index is 0.0346. The van der Waals surface area contributed by atoms with E-state index in [-0.39, 0.29) is 5.91 Å². The minimum Gasteiger partial charge on any atom is -0.497 e. The van der Waals surface area contributed by atoms with Gasteiger partial charge in [0.05, 0.1) is 12.7 Å². The molecule has 0 unspecified atom stereocenters. The standard InChI is InChI=1S/C20H25BrN4O2/c1-24(2)19-18(11-14(21)13-22-19)20(26)25-9-7-15(8-10-25)23-16-5-4-6-17(12-16)27-3/h4-6,11-13,15,23H,7-10H2,1-3H3. The first-order chi connectivity index (χ1) is 13.0. The molecule has 1 aliphatic rings. The highest BCUT2D eigenvalue weighted by atomic mass is 79.9. The lowest BCUT2D eigenvalue weighted by molar-refractivity contribution is 0.0718. The molecule has 7 heteroatoms. The van der Waals surface area contributed by atoms with Crippen molar-refractivity contribution in [2.75, 3.05) is 44.5 Å². The Hall–Kier alpha value is -2.28. The summed E-state index contributed by atoms with van der Waals surface area (Å²) in [5.41, 5.74) is 1.68. The third kappa shape index (κ3) is 4.71. The summed E-state index contributed by atoms with van der Waals surface area (Å²) in [6.07, 6.45) is 3.53. The Morgan fingerprint density at radius 2 is 2.04 bits per heavy atom. The van der Waals surface area contributed by atoms with Crippen LogP contribution >= 0.6 is 15.9 Å². The number of aromatic nitrogens is 1. The van der Waals surface area contributed by atoms with Gasteiger partial charge in [0.25, 0.3) is 5.91 Å². The number of rotatable bonds is 5. The number of anilines is 2. The molecule has 1 saturated heterocycles. The quantitative estimate of drug-likeness (QED) is 0.781. The normalized spacial score (nSPS) is 14.7. The number of hydrogen-bond donors (Lipinski definition) is 1. The smallest absolute Gasteiger partial charge is 0.257 e. The van der Waals surface area contributed by atoms with Gasteiger partial charge in [0.2, 0.25) is 0 Å². The topological polar surface area (TPSA) is 57.7 Å². The van der Waals surface area contributed by atoms with Crippen LogP contribution < -0.4 is 15.0 Å². The molecule has 1 aromatic carbocycles. The van der Waals surface area contributed by atoms with Gasteiger partial charge in [0, 0.05) is 55.7 Å². The van der Waals surface area contributed by atoms with Crippen LogP contribution in [0.3, 0.4) is 0 Å². The van der Waals surface area contributed by atoms with E-state index in [9.17, 15) is 4.79 Å². The molecule has 1 aliphatic heterocycles. The molecule has 2 aromatic rings. The van der Waals surface area contributed by atoms with Crippen molar-refractivity contribution in [3.05, 3.63) is 46.6 Å². The van der Waals surface area contributed by atoms with Gasteiger partial charge in [0.15, 0.2) is 0 Å². The first-order valence-electron chi connectivity index (χ1n) is 9.00. The molecule has 0 radical (unpaired) electrons. The highest BCUT2D eigenvalue weighted by molar-refractivity contribution is 9.10. The predicted octanol–water partition coefficient (Wildman–Crippen LogP) is 3.64. The second-order valence-corrected chi connectivity index (χ2v) is 7.78. The van der Waals surface area contributed by atoms with Crippen molar-refractivity contribution in [3.63, 3.8) is 0 Å². The molecule has 1 aromatic heterocycles. The fourth-order valence-electron chi connectivity index (χ4n) is 3.29. The molecule has 1 amide bonds. The Labute approximate surface area is 168 Å². The largest absolute Gasteiger partial charge is 0.497 e. The van der Waals surface area contributed by atoms with Gasteiger partial charge in [-0.25, -0.2) is 4.98 Å². The zero-order valence-corrected chi connectivity index (χ0v) is 17.5. The second kappa shape index (κ2) is 8.61. The molecular formula is C20H25BrN4O2. The van der Waals surface area contributed by atoms with E-state index in [2.05, 4.69) is 26.2 Å². The summed E-state index contributed by atoms with van der Waals surface area (Å²) in [5.74, 6) is 1.57. The number of hydrogen-bond acceptors (Lipinski definition) is 5. The van der Waals surface area contributed by atoms with E-state index < -0.39 is 0 Å². The number of halogens is 1. The summed E-state index contributed by atoms with van der Waals surface area (Å²) in [7, 11) is 5.47. The molecule has 27 heavy (non-hydrogen) atoms. The van der Waals surface area contributed by atoms with Crippen molar-refractivity contribution >= 4 is 33.3 Å². The number of piperidine rings is 1. The molecule has 2 heterocycles. The first-order valence-corrected chi connectivity index (χ1v) is 9.80. The summed E-state index contributed by atoms with van der Waals surface area (Å²) < 4.78 is 6.09. The Kier molecular flexibility index (Phi) is 6.21. The van der Waals surface area contributed by atoms with Crippen LogP contribution in [-0.4, -0.2) is 56.1 Å². The third-order valence-electron chi connectivity index (χ3n) is 4.71. The number of carbonyl (C=O) groups excluding carboxylic acids is 1. The van der Waals surface area contributed by atoms with Crippen molar-refractivity contribution in [1.82, 2.24) is 9.88 Å². The van der Waals surface area contributed by atoms with Crippen molar-refractivity contribution in [2.24, 2.45) is 0 Å². The van der Waals surface area contributed by atoms with Crippen LogP contribution in [-0.2, 0) is 0 Å². The monoisotopic (exact) mass is 432 g/mol. The zero-order chi connectivity index (χ0) is 19.4. The number of benzene rings is 1. The number of pyridine rings is 1. The number of nitrogens with one attached hydrogen (secondary N) is 1. The highest BCUT2D eigenvalue weighted by Gasteiger charge is 2.26. The molecule has 1 N–H and O–H groups in total. The molecule has 0 bridgehead atoms. The highest BCUT2D eigenvalue weighted by Crippen LogP contribution is 2.25. The molecule has 0 atom stereocenters. The predicted molar refractivity (Wildman–Crippen MR) is 112 cm³/mol. The van der Waals surface area contributed by atoms with Gasteiger partial charge in [-0.05, 0) is 47.0 Å². The van der Waals surface area contributed by atoms with Gasteiger partial charge in [-0.3, -0.25) is 4.79 Å². The molecular weight excluding hydrogens is 408 g/mol. The van der Waals surface area contributed by atoms with Crippen LogP contribution in [0.2, 0.25) is 0 Å². The average molecular weight is 433 g/mol. The molecule has 3 rings (SSSR count). The SMILES string of the molecule is COc1cccc(NC2CCN(C(=O)c3cc(Br)cnc3N(C)C)CC2)c1. The van der Waals surface area contributed by atoms with Crippen LogP contribution in [0.15, 0.2) is 41.0 Å². The van der Waals surface area contributed by atoms with Gasteiger partial charge < -0.3 is 19.9 Å². The van der Waals surface area contributed by atoms with E-state index in [0.717, 1.165) is 41.8 Å². The summed E-state index contributed by atoms with van der Waals surface area (Å²) in [6.45, 7) is 1.44. The summed E-state index contributed by atoms with van der Waals surface area (Å²) >= 11 is 3.42. The van der Waals surface area contributed by atoms with Crippen LogP contribution in [0, 0.1) is 0 Å². The van der Waals surface area contributed by atoms with Crippen molar-refractivity contribution in [3.8, 4) is 5.75 Å². The Morgan fingerprint density at radius 1 is 1.30 bits per heavy atom. The van der Waals surface area contributed by atoms with Gasteiger partial charge in [-0.1, -0.05) is 6.07 Å². The van der Waals surface area contributed by atoms with Crippen LogP contribution in [0.5, 0.6) is 5.75 Å². The maximum atomic E-state index is 13.0. The number of methoxy groups -OCH3 is 1. The maximum absolute atomic E-state index is 13.0. The number of amides is 1. The van der Waals surface area contributed by atoms with Crippen molar-refractivity contribution in [1.29, 1.82) is 0 Å². The second-order valence-electron chi connectivity index (χ2n) is 6.86. The Balaban J connectivity index is 1.63. The minimum absolute atomic E-state index is 0.0346. The molecule has 6 nitrogen and oxygen atoms in total. The van der Waals surface area contributed by atoms with E-state index in [4.69, 9.17) is 4.74 Å². The van der Waals surface area contributed by atoms with Crippen LogP contribution in [0.1, 0.15) is 23.2 Å². The molecule has 0 aliphatic carbocycles. The Bertz CT molecular complexity index is 804. The molecule has 1 fully saturated rings. The fourth-order valence-corrected chi connectivity index (χ4v) is 3.62. The summed E-state index contributed by atoms with van der Waals surface area (Å²) in [5, 5.41) is 3.55. The molecule has 0 saturated carbocycles. The van der Waals surface area contributed by atoms with E-state index in [1.807, 2.05) is 54.2 Å². The zero-order valence-electron chi connectivity index (χ0n) is 15.9. The van der Waals surface area contributed by atoms with E-state index in [1.165, 1.54) is 0 Å². The van der Waals surface area contributed by atoms with Crippen molar-refractivity contribution < 1.29 is 9.53 Å². The first kappa shape index (κ1) is 19.5.